The minimum Gasteiger partial charge on any atom is -0.508 e. The molecule has 2 atom stereocenters. The van der Waals surface area contributed by atoms with Gasteiger partial charge in [0.15, 0.2) is 0 Å². The molecule has 2 rings (SSSR count). The van der Waals surface area contributed by atoms with Gasteiger partial charge in [-0.2, -0.15) is 0 Å². The molecule has 1 aliphatic rings. The second-order valence-corrected chi connectivity index (χ2v) is 5.69. The van der Waals surface area contributed by atoms with Crippen LogP contribution in [0.5, 0.6) is 5.75 Å². The Morgan fingerprint density at radius 3 is 2.72 bits per heavy atom. The van der Waals surface area contributed by atoms with Crippen LogP contribution in [-0.2, 0) is 0 Å². The summed E-state index contributed by atoms with van der Waals surface area (Å²) in [6.45, 7) is 3.35. The first kappa shape index (κ1) is 13.2. The largest absolute Gasteiger partial charge is 0.508 e. The molecule has 1 aliphatic carbocycles. The lowest BCUT2D eigenvalue weighted by molar-refractivity contribution is 0.336. The Labute approximate surface area is 110 Å². The van der Waals surface area contributed by atoms with Crippen molar-refractivity contribution in [2.45, 2.75) is 19.8 Å². The summed E-state index contributed by atoms with van der Waals surface area (Å²) in [6.07, 6.45) is 4.88. The summed E-state index contributed by atoms with van der Waals surface area (Å²) in [6, 6.07) is 7.65. The molecule has 2 heteroatoms. The lowest BCUT2D eigenvalue weighted by Crippen LogP contribution is -2.25. The Kier molecular flexibility index (Phi) is 4.07. The van der Waals surface area contributed by atoms with Gasteiger partial charge in [-0.05, 0) is 62.0 Å². The summed E-state index contributed by atoms with van der Waals surface area (Å²) in [7, 11) is 4.25. The van der Waals surface area contributed by atoms with E-state index < -0.39 is 0 Å². The maximum Gasteiger partial charge on any atom is 0.116 e. The first-order valence-corrected chi connectivity index (χ1v) is 6.72. The topological polar surface area (TPSA) is 23.5 Å². The van der Waals surface area contributed by atoms with Crippen molar-refractivity contribution in [1.29, 1.82) is 0 Å². The van der Waals surface area contributed by atoms with E-state index in [9.17, 15) is 5.11 Å². The van der Waals surface area contributed by atoms with Gasteiger partial charge >= 0.3 is 0 Å². The highest BCUT2D eigenvalue weighted by atomic mass is 16.3. The van der Waals surface area contributed by atoms with Crippen molar-refractivity contribution in [2.24, 2.45) is 11.8 Å². The van der Waals surface area contributed by atoms with Crippen molar-refractivity contribution >= 4 is 5.57 Å². The quantitative estimate of drug-likeness (QED) is 0.882. The summed E-state index contributed by atoms with van der Waals surface area (Å²) in [5.41, 5.74) is 2.58. The molecule has 0 aliphatic heterocycles. The van der Waals surface area contributed by atoms with E-state index in [0.29, 0.717) is 17.6 Å². The molecule has 0 amide bonds. The number of benzene rings is 1. The van der Waals surface area contributed by atoms with E-state index in [1.807, 2.05) is 12.1 Å². The minimum atomic E-state index is 0.357. The van der Waals surface area contributed by atoms with Crippen LogP contribution in [0.25, 0.3) is 5.57 Å². The lowest BCUT2D eigenvalue weighted by atomic mass is 9.79. The molecular weight excluding hydrogens is 222 g/mol. The molecule has 1 N–H and O–H groups in total. The number of nitrogens with zero attached hydrogens (tertiary/aromatic N) is 1. The van der Waals surface area contributed by atoms with E-state index >= 15 is 0 Å². The van der Waals surface area contributed by atoms with Crippen LogP contribution in [0.2, 0.25) is 0 Å². The molecule has 0 heterocycles. The lowest BCUT2D eigenvalue weighted by Gasteiger charge is -2.30. The fraction of sp³-hybridized carbons (Fsp3) is 0.500. The van der Waals surface area contributed by atoms with Crippen molar-refractivity contribution in [3.8, 4) is 5.75 Å². The predicted octanol–water partition coefficient (Wildman–Crippen LogP) is 3.38. The molecule has 0 radical (unpaired) electrons. The second kappa shape index (κ2) is 5.57. The molecule has 1 aromatic rings. The molecule has 0 saturated heterocycles. The van der Waals surface area contributed by atoms with Gasteiger partial charge in [-0.25, -0.2) is 0 Å². The number of phenols is 1. The van der Waals surface area contributed by atoms with Gasteiger partial charge in [-0.1, -0.05) is 25.1 Å². The van der Waals surface area contributed by atoms with E-state index in [1.165, 1.54) is 24.0 Å². The van der Waals surface area contributed by atoms with Gasteiger partial charge in [-0.3, -0.25) is 0 Å². The van der Waals surface area contributed by atoms with E-state index in [0.717, 1.165) is 6.54 Å². The van der Waals surface area contributed by atoms with E-state index in [-0.39, 0.29) is 0 Å². The van der Waals surface area contributed by atoms with Crippen molar-refractivity contribution < 1.29 is 5.11 Å². The van der Waals surface area contributed by atoms with Gasteiger partial charge in [-0.15, -0.1) is 0 Å². The zero-order valence-electron chi connectivity index (χ0n) is 11.6. The maximum atomic E-state index is 9.64. The number of rotatable bonds is 3. The fourth-order valence-corrected chi connectivity index (χ4v) is 2.79. The van der Waals surface area contributed by atoms with Crippen molar-refractivity contribution in [3.63, 3.8) is 0 Å². The Morgan fingerprint density at radius 2 is 2.06 bits per heavy atom. The van der Waals surface area contributed by atoms with Crippen LogP contribution in [0.1, 0.15) is 25.3 Å². The van der Waals surface area contributed by atoms with Gasteiger partial charge in [0.05, 0.1) is 0 Å². The molecule has 0 bridgehead atoms. The summed E-state index contributed by atoms with van der Waals surface area (Å²) < 4.78 is 0. The third-order valence-corrected chi connectivity index (χ3v) is 3.64. The summed E-state index contributed by atoms with van der Waals surface area (Å²) in [5.74, 6) is 1.58. The highest BCUT2D eigenvalue weighted by molar-refractivity contribution is 5.69. The third-order valence-electron chi connectivity index (χ3n) is 3.64. The fourth-order valence-electron chi connectivity index (χ4n) is 2.79. The summed E-state index contributed by atoms with van der Waals surface area (Å²) >= 11 is 0. The Morgan fingerprint density at radius 1 is 1.28 bits per heavy atom. The standard InChI is InChI=1S/C16H23NO/c1-12-7-8-14(11-17(2)3)16(9-12)13-5-4-6-15(18)10-13/h4-6,9-10,12,14,18H,7-8,11H2,1-3H3. The van der Waals surface area contributed by atoms with Crippen LogP contribution in [-0.4, -0.2) is 30.6 Å². The van der Waals surface area contributed by atoms with Crippen molar-refractivity contribution in [3.05, 3.63) is 35.9 Å². The third kappa shape index (κ3) is 3.14. The van der Waals surface area contributed by atoms with E-state index in [2.05, 4.69) is 38.1 Å². The van der Waals surface area contributed by atoms with Crippen LogP contribution in [0, 0.1) is 11.8 Å². The van der Waals surface area contributed by atoms with Crippen molar-refractivity contribution in [1.82, 2.24) is 4.90 Å². The molecule has 1 aromatic carbocycles. The Balaban J connectivity index is 2.30. The SMILES string of the molecule is CC1C=C(c2cccc(O)c2)C(CN(C)C)CC1. The minimum absolute atomic E-state index is 0.357. The van der Waals surface area contributed by atoms with Crippen molar-refractivity contribution in [2.75, 3.05) is 20.6 Å². The van der Waals surface area contributed by atoms with Crippen LogP contribution < -0.4 is 0 Å². The number of hydrogen-bond acceptors (Lipinski definition) is 2. The molecule has 2 nitrogen and oxygen atoms in total. The van der Waals surface area contributed by atoms with Gasteiger partial charge in [0, 0.05) is 6.54 Å². The molecule has 0 saturated carbocycles. The Bertz CT molecular complexity index is 436. The number of allylic oxidation sites excluding steroid dienone is 1. The molecular formula is C16H23NO. The normalized spacial score (nSPS) is 24.1. The monoisotopic (exact) mass is 245 g/mol. The number of hydrogen-bond donors (Lipinski definition) is 1. The van der Waals surface area contributed by atoms with Crippen LogP contribution in [0.3, 0.4) is 0 Å². The van der Waals surface area contributed by atoms with Crippen LogP contribution in [0.4, 0.5) is 0 Å². The average molecular weight is 245 g/mol. The summed E-state index contributed by atoms with van der Waals surface area (Å²) in [5, 5.41) is 9.64. The average Bonchev–Trinajstić information content (AvgIpc) is 2.31. The first-order chi connectivity index (χ1) is 8.56. The Hall–Kier alpha value is -1.28. The summed E-state index contributed by atoms with van der Waals surface area (Å²) in [4.78, 5) is 2.25. The highest BCUT2D eigenvalue weighted by Gasteiger charge is 2.22. The smallest absolute Gasteiger partial charge is 0.116 e. The van der Waals surface area contributed by atoms with Crippen LogP contribution in [0.15, 0.2) is 30.3 Å². The molecule has 0 fully saturated rings. The number of aromatic hydroxyl groups is 1. The molecule has 2 unspecified atom stereocenters. The van der Waals surface area contributed by atoms with Crippen LogP contribution >= 0.6 is 0 Å². The molecule has 18 heavy (non-hydrogen) atoms. The van der Waals surface area contributed by atoms with E-state index in [1.54, 1.807) is 6.07 Å². The van der Waals surface area contributed by atoms with Gasteiger partial charge in [0.25, 0.3) is 0 Å². The highest BCUT2D eigenvalue weighted by Crippen LogP contribution is 2.36. The van der Waals surface area contributed by atoms with Gasteiger partial charge in [0.1, 0.15) is 5.75 Å². The molecule has 0 spiro atoms. The maximum absolute atomic E-state index is 9.64. The first-order valence-electron chi connectivity index (χ1n) is 6.72. The van der Waals surface area contributed by atoms with Gasteiger partial charge in [0.2, 0.25) is 0 Å². The molecule has 98 valence electrons. The second-order valence-electron chi connectivity index (χ2n) is 5.69. The molecule has 0 aromatic heterocycles. The zero-order chi connectivity index (χ0) is 13.1. The zero-order valence-corrected chi connectivity index (χ0v) is 11.6. The predicted molar refractivity (Wildman–Crippen MR) is 76.5 cm³/mol. The van der Waals surface area contributed by atoms with E-state index in [4.69, 9.17) is 0 Å². The van der Waals surface area contributed by atoms with Gasteiger partial charge < -0.3 is 10.0 Å². The number of phenolic OH excluding ortho intramolecular Hbond substituents is 1.